The molecule has 0 fully saturated rings. The molecule has 0 aliphatic rings. The second-order valence-corrected chi connectivity index (χ2v) is 5.24. The van der Waals surface area contributed by atoms with Crippen molar-refractivity contribution in [1.82, 2.24) is 4.98 Å². The van der Waals surface area contributed by atoms with Gasteiger partial charge in [-0.3, -0.25) is 0 Å². The van der Waals surface area contributed by atoms with Crippen LogP contribution in [0, 0.1) is 0 Å². The van der Waals surface area contributed by atoms with Crippen LogP contribution >= 0.6 is 23.4 Å². The Balaban J connectivity index is 2.26. The highest BCUT2D eigenvalue weighted by molar-refractivity contribution is 7.99. The van der Waals surface area contributed by atoms with Crippen LogP contribution in [-0.2, 0) is 0 Å². The minimum atomic E-state index is 0.0194. The monoisotopic (exact) mass is 264 g/mol. The topological polar surface area (TPSA) is 38.9 Å². The highest BCUT2D eigenvalue weighted by atomic mass is 35.5. The largest absolute Gasteiger partial charge is 0.324 e. The molecule has 1 heterocycles. The molecule has 0 aliphatic heterocycles. The zero-order chi connectivity index (χ0) is 12.3. The van der Waals surface area contributed by atoms with E-state index in [2.05, 4.69) is 11.1 Å². The molecule has 2 N–H and O–H groups in total. The van der Waals surface area contributed by atoms with E-state index in [-0.39, 0.29) is 6.04 Å². The molecule has 2 aromatic rings. The van der Waals surface area contributed by atoms with Crippen molar-refractivity contribution in [2.45, 2.75) is 22.9 Å². The quantitative estimate of drug-likeness (QED) is 0.914. The van der Waals surface area contributed by atoms with Gasteiger partial charge in [-0.25, -0.2) is 4.98 Å². The van der Waals surface area contributed by atoms with E-state index < -0.39 is 0 Å². The highest BCUT2D eigenvalue weighted by Gasteiger charge is 2.07. The molecular weight excluding hydrogens is 252 g/mol. The number of benzene rings is 1. The Hall–Kier alpha value is -1.03. The van der Waals surface area contributed by atoms with Gasteiger partial charge in [0.05, 0.1) is 5.02 Å². The maximum Gasteiger partial charge on any atom is 0.101 e. The molecule has 0 radical (unpaired) electrons. The summed E-state index contributed by atoms with van der Waals surface area (Å²) < 4.78 is 0. The lowest BCUT2D eigenvalue weighted by Gasteiger charge is -2.11. The Labute approximate surface area is 110 Å². The van der Waals surface area contributed by atoms with Gasteiger partial charge in [0, 0.05) is 17.1 Å². The molecule has 0 spiro atoms. The van der Waals surface area contributed by atoms with Crippen LogP contribution in [0.25, 0.3) is 0 Å². The lowest BCUT2D eigenvalue weighted by Crippen LogP contribution is -2.06. The standard InChI is InChI=1S/C13H13ClN2S/c1-9(15)11-4-2-3-5-12(11)17-13-7-6-10(14)8-16-13/h2-9H,15H2,1H3/t9-/m0/s1. The molecule has 2 rings (SSSR count). The summed E-state index contributed by atoms with van der Waals surface area (Å²) in [5.74, 6) is 0. The molecule has 0 saturated heterocycles. The molecule has 1 atom stereocenters. The van der Waals surface area contributed by atoms with Crippen molar-refractivity contribution in [2.24, 2.45) is 5.73 Å². The molecule has 0 aliphatic carbocycles. The first-order valence-electron chi connectivity index (χ1n) is 5.31. The van der Waals surface area contributed by atoms with Crippen LogP contribution < -0.4 is 5.73 Å². The zero-order valence-electron chi connectivity index (χ0n) is 9.43. The van der Waals surface area contributed by atoms with E-state index in [0.717, 1.165) is 15.5 Å². The summed E-state index contributed by atoms with van der Waals surface area (Å²) >= 11 is 7.41. The van der Waals surface area contributed by atoms with Gasteiger partial charge in [0.25, 0.3) is 0 Å². The summed E-state index contributed by atoms with van der Waals surface area (Å²) in [6.07, 6.45) is 1.65. The van der Waals surface area contributed by atoms with Crippen LogP contribution in [0.4, 0.5) is 0 Å². The molecule has 0 amide bonds. The van der Waals surface area contributed by atoms with Gasteiger partial charge in [-0.2, -0.15) is 0 Å². The van der Waals surface area contributed by atoms with E-state index >= 15 is 0 Å². The van der Waals surface area contributed by atoms with Crippen molar-refractivity contribution in [3.63, 3.8) is 0 Å². The number of aromatic nitrogens is 1. The van der Waals surface area contributed by atoms with Gasteiger partial charge in [0.15, 0.2) is 0 Å². The normalized spacial score (nSPS) is 12.4. The molecule has 2 nitrogen and oxygen atoms in total. The maximum absolute atomic E-state index is 5.94. The Morgan fingerprint density at radius 2 is 2.00 bits per heavy atom. The third kappa shape index (κ3) is 3.22. The van der Waals surface area contributed by atoms with Crippen molar-refractivity contribution in [3.8, 4) is 0 Å². The predicted molar refractivity (Wildman–Crippen MR) is 72.4 cm³/mol. The van der Waals surface area contributed by atoms with Crippen LogP contribution in [0.3, 0.4) is 0 Å². The summed E-state index contributed by atoms with van der Waals surface area (Å²) in [4.78, 5) is 5.40. The molecule has 1 aromatic heterocycles. The molecule has 0 unspecified atom stereocenters. The van der Waals surface area contributed by atoms with Crippen LogP contribution in [0.2, 0.25) is 5.02 Å². The average molecular weight is 265 g/mol. The lowest BCUT2D eigenvalue weighted by molar-refractivity contribution is 0.797. The molecular formula is C13H13ClN2S. The molecule has 88 valence electrons. The van der Waals surface area contributed by atoms with E-state index in [0.29, 0.717) is 5.02 Å². The van der Waals surface area contributed by atoms with Crippen molar-refractivity contribution >= 4 is 23.4 Å². The lowest BCUT2D eigenvalue weighted by atomic mass is 10.1. The first kappa shape index (κ1) is 12.4. The van der Waals surface area contributed by atoms with E-state index in [1.165, 1.54) is 0 Å². The van der Waals surface area contributed by atoms with Crippen molar-refractivity contribution in [2.75, 3.05) is 0 Å². The number of nitrogens with zero attached hydrogens (tertiary/aromatic N) is 1. The summed E-state index contributed by atoms with van der Waals surface area (Å²) in [6, 6.07) is 11.9. The Kier molecular flexibility index (Phi) is 4.05. The van der Waals surface area contributed by atoms with Gasteiger partial charge in [0.1, 0.15) is 5.03 Å². The first-order valence-corrected chi connectivity index (χ1v) is 6.50. The summed E-state index contributed by atoms with van der Waals surface area (Å²) in [5.41, 5.74) is 7.07. The van der Waals surface area contributed by atoms with Gasteiger partial charge in [0.2, 0.25) is 0 Å². The molecule has 0 bridgehead atoms. The van der Waals surface area contributed by atoms with E-state index in [4.69, 9.17) is 17.3 Å². The minimum Gasteiger partial charge on any atom is -0.324 e. The van der Waals surface area contributed by atoms with Crippen molar-refractivity contribution < 1.29 is 0 Å². The first-order chi connectivity index (χ1) is 8.16. The smallest absolute Gasteiger partial charge is 0.101 e. The van der Waals surface area contributed by atoms with E-state index in [9.17, 15) is 0 Å². The molecule has 0 saturated carbocycles. The zero-order valence-corrected chi connectivity index (χ0v) is 11.0. The van der Waals surface area contributed by atoms with E-state index in [1.54, 1.807) is 18.0 Å². The number of pyridine rings is 1. The van der Waals surface area contributed by atoms with Gasteiger partial charge < -0.3 is 5.73 Å². The third-order valence-corrected chi connectivity index (χ3v) is 3.59. The molecule has 17 heavy (non-hydrogen) atoms. The fourth-order valence-electron chi connectivity index (χ4n) is 1.48. The van der Waals surface area contributed by atoms with Crippen molar-refractivity contribution in [3.05, 3.63) is 53.2 Å². The minimum absolute atomic E-state index is 0.0194. The second kappa shape index (κ2) is 5.54. The maximum atomic E-state index is 5.94. The Morgan fingerprint density at radius 3 is 2.65 bits per heavy atom. The Bertz CT molecular complexity index is 497. The van der Waals surface area contributed by atoms with Gasteiger partial charge in [-0.1, -0.05) is 41.6 Å². The number of hydrogen-bond donors (Lipinski definition) is 1. The molecule has 4 heteroatoms. The summed E-state index contributed by atoms with van der Waals surface area (Å²) in [7, 11) is 0. The number of halogens is 1. The third-order valence-electron chi connectivity index (χ3n) is 2.32. The fourth-order valence-corrected chi connectivity index (χ4v) is 2.58. The molecule has 1 aromatic carbocycles. The number of rotatable bonds is 3. The van der Waals surface area contributed by atoms with E-state index in [1.807, 2.05) is 37.3 Å². The average Bonchev–Trinajstić information content (AvgIpc) is 2.32. The van der Waals surface area contributed by atoms with Gasteiger partial charge >= 0.3 is 0 Å². The van der Waals surface area contributed by atoms with Crippen LogP contribution in [-0.4, -0.2) is 4.98 Å². The summed E-state index contributed by atoms with van der Waals surface area (Å²) in [6.45, 7) is 1.98. The predicted octanol–water partition coefficient (Wildman–Crippen LogP) is 3.91. The van der Waals surface area contributed by atoms with Crippen LogP contribution in [0.1, 0.15) is 18.5 Å². The number of nitrogens with two attached hydrogens (primary N) is 1. The number of hydrogen-bond acceptors (Lipinski definition) is 3. The summed E-state index contributed by atoms with van der Waals surface area (Å²) in [5, 5.41) is 1.57. The second-order valence-electron chi connectivity index (χ2n) is 3.74. The van der Waals surface area contributed by atoms with Crippen LogP contribution in [0.15, 0.2) is 52.5 Å². The highest BCUT2D eigenvalue weighted by Crippen LogP contribution is 2.31. The Morgan fingerprint density at radius 1 is 1.24 bits per heavy atom. The van der Waals surface area contributed by atoms with Crippen molar-refractivity contribution in [1.29, 1.82) is 0 Å². The fraction of sp³-hybridized carbons (Fsp3) is 0.154. The van der Waals surface area contributed by atoms with Gasteiger partial charge in [-0.05, 0) is 30.7 Å². The van der Waals surface area contributed by atoms with Crippen LogP contribution in [0.5, 0.6) is 0 Å². The van der Waals surface area contributed by atoms with Gasteiger partial charge in [-0.15, -0.1) is 0 Å². The SMILES string of the molecule is C[C@H](N)c1ccccc1Sc1ccc(Cl)cn1.